The monoisotopic (exact) mass is 292 g/mol. The van der Waals surface area contributed by atoms with E-state index >= 15 is 0 Å². The van der Waals surface area contributed by atoms with Crippen molar-refractivity contribution in [2.24, 2.45) is 5.73 Å². The molecule has 2 rings (SSSR count). The van der Waals surface area contributed by atoms with E-state index in [4.69, 9.17) is 19.7 Å². The third-order valence-corrected chi connectivity index (χ3v) is 2.65. The molecule has 0 aliphatic rings. The van der Waals surface area contributed by atoms with Gasteiger partial charge in [-0.3, -0.25) is 10.1 Å². The lowest BCUT2D eigenvalue weighted by atomic mass is 10.2. The average molecular weight is 292 g/mol. The van der Waals surface area contributed by atoms with Crippen LogP contribution in [0, 0.1) is 0 Å². The third kappa shape index (κ3) is 3.93. The van der Waals surface area contributed by atoms with Gasteiger partial charge in [0, 0.05) is 11.6 Å². The topological polar surface area (TPSA) is 113 Å². The summed E-state index contributed by atoms with van der Waals surface area (Å²) in [5, 5.41) is 6.67. The summed E-state index contributed by atoms with van der Waals surface area (Å²) in [6, 6.07) is 5.29. The normalized spacial score (nSPS) is 10.4. The molecule has 0 bridgehead atoms. The molecule has 0 saturated carbocycles. The molecule has 1 aromatic carbocycles. The lowest BCUT2D eigenvalue weighted by Crippen LogP contribution is -2.28. The minimum atomic E-state index is -0.452. The molecule has 0 aliphatic heterocycles. The number of nitrogens with two attached hydrogens (primary N) is 1. The maximum absolute atomic E-state index is 10.6. The van der Waals surface area contributed by atoms with E-state index in [1.54, 1.807) is 32.4 Å². The molecule has 8 heteroatoms. The minimum Gasteiger partial charge on any atom is -0.497 e. The van der Waals surface area contributed by atoms with E-state index in [1.807, 2.05) is 0 Å². The van der Waals surface area contributed by atoms with Gasteiger partial charge in [0.2, 0.25) is 17.6 Å². The van der Waals surface area contributed by atoms with Gasteiger partial charge in [0.25, 0.3) is 0 Å². The van der Waals surface area contributed by atoms with Crippen LogP contribution in [0.15, 0.2) is 22.7 Å². The van der Waals surface area contributed by atoms with Crippen LogP contribution in [0.5, 0.6) is 11.5 Å². The van der Waals surface area contributed by atoms with Gasteiger partial charge in [0.1, 0.15) is 11.5 Å². The molecule has 0 fully saturated rings. The molecule has 3 N–H and O–H groups in total. The molecular formula is C13H16N4O4. The van der Waals surface area contributed by atoms with Crippen molar-refractivity contribution in [1.29, 1.82) is 0 Å². The number of carbonyl (C=O) groups is 1. The highest BCUT2D eigenvalue weighted by Crippen LogP contribution is 2.28. The van der Waals surface area contributed by atoms with Gasteiger partial charge >= 0.3 is 0 Å². The summed E-state index contributed by atoms with van der Waals surface area (Å²) in [7, 11) is 3.13. The molecule has 1 aromatic heterocycles. The minimum absolute atomic E-state index is 0.0463. The van der Waals surface area contributed by atoms with Crippen LogP contribution in [-0.2, 0) is 11.3 Å². The highest BCUT2D eigenvalue weighted by Gasteiger charge is 2.11. The zero-order chi connectivity index (χ0) is 15.2. The van der Waals surface area contributed by atoms with Crippen molar-refractivity contribution in [2.75, 3.05) is 20.8 Å². The average Bonchev–Trinajstić information content (AvgIpc) is 2.95. The summed E-state index contributed by atoms with van der Waals surface area (Å²) in [4.78, 5) is 14.8. The number of primary amides is 1. The molecule has 0 atom stereocenters. The first-order chi connectivity index (χ1) is 10.1. The van der Waals surface area contributed by atoms with Crippen molar-refractivity contribution >= 4 is 5.91 Å². The molecule has 1 heterocycles. The molecule has 21 heavy (non-hydrogen) atoms. The van der Waals surface area contributed by atoms with Crippen LogP contribution >= 0.6 is 0 Å². The Morgan fingerprint density at radius 1 is 1.29 bits per heavy atom. The number of hydrogen-bond donors (Lipinski definition) is 2. The van der Waals surface area contributed by atoms with E-state index < -0.39 is 5.91 Å². The first-order valence-corrected chi connectivity index (χ1v) is 6.17. The standard InChI is InChI=1S/C13H16N4O4/c1-19-9-3-8(4-10(5-9)20-2)13-16-12(21-17-13)7-15-6-11(14)18/h3-5,15H,6-7H2,1-2H3,(H2,14,18). The number of methoxy groups -OCH3 is 2. The predicted molar refractivity (Wildman–Crippen MR) is 73.7 cm³/mol. The number of rotatable bonds is 7. The summed E-state index contributed by atoms with van der Waals surface area (Å²) in [5.41, 5.74) is 5.73. The van der Waals surface area contributed by atoms with Crippen molar-refractivity contribution in [2.45, 2.75) is 6.54 Å². The van der Waals surface area contributed by atoms with Gasteiger partial charge in [-0.05, 0) is 12.1 Å². The smallest absolute Gasteiger partial charge is 0.240 e. The molecule has 2 aromatic rings. The maximum Gasteiger partial charge on any atom is 0.240 e. The van der Waals surface area contributed by atoms with E-state index in [1.165, 1.54) is 0 Å². The zero-order valence-electron chi connectivity index (χ0n) is 11.8. The lowest BCUT2D eigenvalue weighted by molar-refractivity contribution is -0.117. The highest BCUT2D eigenvalue weighted by molar-refractivity contribution is 5.75. The zero-order valence-corrected chi connectivity index (χ0v) is 11.8. The summed E-state index contributed by atoms with van der Waals surface area (Å²) in [6.07, 6.45) is 0. The van der Waals surface area contributed by atoms with Gasteiger partial charge in [-0.1, -0.05) is 5.16 Å². The number of nitrogens with zero attached hydrogens (tertiary/aromatic N) is 2. The van der Waals surface area contributed by atoms with Crippen LogP contribution in [0.2, 0.25) is 0 Å². The summed E-state index contributed by atoms with van der Waals surface area (Å²) < 4.78 is 15.5. The van der Waals surface area contributed by atoms with E-state index in [0.29, 0.717) is 28.8 Å². The Kier molecular flexibility index (Phi) is 4.72. The molecule has 0 saturated heterocycles. The quantitative estimate of drug-likeness (QED) is 0.756. The van der Waals surface area contributed by atoms with Crippen molar-refractivity contribution in [1.82, 2.24) is 15.5 Å². The Labute approximate surface area is 121 Å². The van der Waals surface area contributed by atoms with E-state index in [-0.39, 0.29) is 13.1 Å². The van der Waals surface area contributed by atoms with Crippen LogP contribution in [0.1, 0.15) is 5.89 Å². The second kappa shape index (κ2) is 6.71. The number of hydrogen-bond acceptors (Lipinski definition) is 7. The third-order valence-electron chi connectivity index (χ3n) is 2.65. The van der Waals surface area contributed by atoms with Crippen LogP contribution in [0.3, 0.4) is 0 Å². The number of carbonyl (C=O) groups excluding carboxylic acids is 1. The van der Waals surface area contributed by atoms with E-state index in [0.717, 1.165) is 0 Å². The lowest BCUT2D eigenvalue weighted by Gasteiger charge is -2.05. The first kappa shape index (κ1) is 14.8. The van der Waals surface area contributed by atoms with E-state index in [2.05, 4.69) is 15.5 Å². The Balaban J connectivity index is 2.15. The van der Waals surface area contributed by atoms with Gasteiger partial charge in [-0.15, -0.1) is 0 Å². The first-order valence-electron chi connectivity index (χ1n) is 6.17. The Morgan fingerprint density at radius 3 is 2.52 bits per heavy atom. The van der Waals surface area contributed by atoms with Crippen molar-refractivity contribution in [3.05, 3.63) is 24.1 Å². The Morgan fingerprint density at radius 2 is 1.95 bits per heavy atom. The summed E-state index contributed by atoms with van der Waals surface area (Å²) in [6.45, 7) is 0.307. The SMILES string of the molecule is COc1cc(OC)cc(-c2noc(CNCC(N)=O)n2)c1. The number of nitrogens with one attached hydrogen (secondary N) is 1. The fourth-order valence-corrected chi connectivity index (χ4v) is 1.67. The molecule has 0 unspecified atom stereocenters. The fraction of sp³-hybridized carbons (Fsp3) is 0.308. The van der Waals surface area contributed by atoms with Crippen LogP contribution in [0.4, 0.5) is 0 Å². The maximum atomic E-state index is 10.6. The van der Waals surface area contributed by atoms with Gasteiger partial charge in [-0.2, -0.15) is 4.98 Å². The van der Waals surface area contributed by atoms with Crippen molar-refractivity contribution < 1.29 is 18.8 Å². The molecule has 0 radical (unpaired) electrons. The van der Waals surface area contributed by atoms with Crippen LogP contribution in [0.25, 0.3) is 11.4 Å². The van der Waals surface area contributed by atoms with Crippen molar-refractivity contribution in [3.8, 4) is 22.9 Å². The van der Waals surface area contributed by atoms with Gasteiger partial charge in [0.15, 0.2) is 0 Å². The number of amides is 1. The van der Waals surface area contributed by atoms with Crippen LogP contribution in [-0.4, -0.2) is 36.8 Å². The van der Waals surface area contributed by atoms with E-state index in [9.17, 15) is 4.79 Å². The number of benzene rings is 1. The summed E-state index contributed by atoms with van der Waals surface area (Å²) in [5.74, 6) is 1.56. The largest absolute Gasteiger partial charge is 0.497 e. The second-order valence-corrected chi connectivity index (χ2v) is 4.18. The fourth-order valence-electron chi connectivity index (χ4n) is 1.67. The molecule has 0 spiro atoms. The molecule has 8 nitrogen and oxygen atoms in total. The van der Waals surface area contributed by atoms with Crippen molar-refractivity contribution in [3.63, 3.8) is 0 Å². The number of aromatic nitrogens is 2. The predicted octanol–water partition coefficient (Wildman–Crippen LogP) is 0.329. The van der Waals surface area contributed by atoms with Gasteiger partial charge < -0.3 is 19.7 Å². The molecular weight excluding hydrogens is 276 g/mol. The Bertz CT molecular complexity index is 604. The number of ether oxygens (including phenoxy) is 2. The molecule has 112 valence electrons. The van der Waals surface area contributed by atoms with Gasteiger partial charge in [0.05, 0.1) is 27.3 Å². The van der Waals surface area contributed by atoms with Gasteiger partial charge in [-0.25, -0.2) is 0 Å². The molecule has 1 amide bonds. The Hall–Kier alpha value is -2.61. The van der Waals surface area contributed by atoms with Crippen LogP contribution < -0.4 is 20.5 Å². The summed E-state index contributed by atoms with van der Waals surface area (Å²) >= 11 is 0. The second-order valence-electron chi connectivity index (χ2n) is 4.18. The highest BCUT2D eigenvalue weighted by atomic mass is 16.5. The molecule has 0 aliphatic carbocycles.